The Morgan fingerprint density at radius 3 is 2.32 bits per heavy atom. The Morgan fingerprint density at radius 1 is 1.26 bits per heavy atom. The summed E-state index contributed by atoms with van der Waals surface area (Å²) in [5.74, 6) is 0. The molecule has 0 saturated heterocycles. The summed E-state index contributed by atoms with van der Waals surface area (Å²) in [6.45, 7) is 8.76. The van der Waals surface area contributed by atoms with Gasteiger partial charge in [-0.2, -0.15) is 17.7 Å². The van der Waals surface area contributed by atoms with Crippen LogP contribution in [0.5, 0.6) is 0 Å². The van der Waals surface area contributed by atoms with Crippen LogP contribution in [0.3, 0.4) is 0 Å². The average molecular weight is 339 g/mol. The van der Waals surface area contributed by atoms with Crippen LogP contribution in [0.15, 0.2) is 29.0 Å². The topological polar surface area (TPSA) is 32.3 Å². The first-order valence-corrected chi connectivity index (χ1v) is 5.83. The van der Waals surface area contributed by atoms with E-state index in [1.807, 2.05) is 0 Å². The Hall–Kier alpha value is 0.274. The van der Waals surface area contributed by atoms with Crippen molar-refractivity contribution in [3.05, 3.63) is 35.1 Å². The quantitative estimate of drug-likeness (QED) is 0.416. The van der Waals surface area contributed by atoms with Crippen molar-refractivity contribution in [1.82, 2.24) is 5.32 Å². The summed E-state index contributed by atoms with van der Waals surface area (Å²) in [5, 5.41) is 12.2. The summed E-state index contributed by atoms with van der Waals surface area (Å²) >= 11 is 0. The van der Waals surface area contributed by atoms with Crippen LogP contribution in [0, 0.1) is 6.08 Å². The minimum Gasteiger partial charge on any atom is -1.00 e. The molecule has 0 heterocycles. The average Bonchev–Trinajstić information content (AvgIpc) is 2.59. The summed E-state index contributed by atoms with van der Waals surface area (Å²) in [6, 6.07) is 0. The van der Waals surface area contributed by atoms with E-state index in [9.17, 15) is 0 Å². The molecular weight excluding hydrogens is 317 g/mol. The van der Waals surface area contributed by atoms with E-state index in [-0.39, 0.29) is 58.7 Å². The molecule has 19 heavy (non-hydrogen) atoms. The summed E-state index contributed by atoms with van der Waals surface area (Å²) < 4.78 is 0. The molecule has 1 aliphatic rings. The van der Waals surface area contributed by atoms with Gasteiger partial charge in [-0.15, -0.1) is 11.6 Å². The molecule has 0 saturated carbocycles. The van der Waals surface area contributed by atoms with Crippen molar-refractivity contribution in [3.8, 4) is 0 Å². The number of aliphatic hydroxyl groups excluding tert-OH is 1. The van der Waals surface area contributed by atoms with E-state index in [0.29, 0.717) is 0 Å². The van der Waals surface area contributed by atoms with Gasteiger partial charge in [0, 0.05) is 12.1 Å². The molecule has 0 aliphatic heterocycles. The number of rotatable bonds is 4. The van der Waals surface area contributed by atoms with E-state index in [1.54, 1.807) is 0 Å². The Morgan fingerprint density at radius 2 is 1.84 bits per heavy atom. The zero-order valence-corrected chi connectivity index (χ0v) is 15.1. The standard InChI is InChI=1S/C14H22NO.2ClH.Ti/c1-11(6-5-9-16)12-7-8-13(10-12)15-14(2,3)4;;;/h7-8,15-16H,5-6,9H2,1-4H3;2*1H;/q-1;;;+3/p-2. The molecule has 2 N–H and O–H groups in total. The van der Waals surface area contributed by atoms with E-state index in [1.165, 1.54) is 5.57 Å². The Balaban J connectivity index is -0.000000853. The minimum absolute atomic E-state index is 0. The van der Waals surface area contributed by atoms with Gasteiger partial charge >= 0.3 is 21.7 Å². The molecule has 1 aliphatic carbocycles. The largest absolute Gasteiger partial charge is 3.00 e. The van der Waals surface area contributed by atoms with Crippen LogP contribution < -0.4 is 30.1 Å². The normalized spacial score (nSPS) is 15.7. The number of hydrogen-bond acceptors (Lipinski definition) is 2. The van der Waals surface area contributed by atoms with Gasteiger partial charge in [-0.1, -0.05) is 19.0 Å². The Labute approximate surface area is 144 Å². The zero-order valence-electron chi connectivity index (χ0n) is 12.0. The molecule has 0 fully saturated rings. The maximum atomic E-state index is 8.78. The van der Waals surface area contributed by atoms with Crippen molar-refractivity contribution in [2.24, 2.45) is 0 Å². The second-order valence-electron chi connectivity index (χ2n) is 5.27. The van der Waals surface area contributed by atoms with E-state index in [4.69, 9.17) is 5.11 Å². The number of nitrogens with one attached hydrogen (secondary N) is 1. The van der Waals surface area contributed by atoms with Crippen LogP contribution in [-0.2, 0) is 21.7 Å². The molecule has 0 aromatic rings. The van der Waals surface area contributed by atoms with E-state index >= 15 is 0 Å². The molecule has 0 amide bonds. The van der Waals surface area contributed by atoms with Gasteiger partial charge in [-0.05, 0) is 27.2 Å². The fraction of sp³-hybridized carbons (Fsp3) is 0.571. The molecule has 0 aromatic heterocycles. The fourth-order valence-corrected chi connectivity index (χ4v) is 1.60. The van der Waals surface area contributed by atoms with Crippen molar-refractivity contribution in [2.45, 2.75) is 46.1 Å². The van der Waals surface area contributed by atoms with E-state index in [2.05, 4.69) is 51.2 Å². The molecule has 0 bridgehead atoms. The smallest absolute Gasteiger partial charge is 1.00 e. The van der Waals surface area contributed by atoms with Crippen molar-refractivity contribution in [2.75, 3.05) is 6.61 Å². The predicted molar refractivity (Wildman–Crippen MR) is 67.8 cm³/mol. The predicted octanol–water partition coefficient (Wildman–Crippen LogP) is -3.27. The number of allylic oxidation sites excluding steroid dienone is 5. The van der Waals surface area contributed by atoms with Gasteiger partial charge in [0.25, 0.3) is 0 Å². The van der Waals surface area contributed by atoms with Gasteiger partial charge in [0.15, 0.2) is 0 Å². The van der Waals surface area contributed by atoms with Crippen LogP contribution in [0.1, 0.15) is 40.5 Å². The second-order valence-corrected chi connectivity index (χ2v) is 5.27. The third kappa shape index (κ3) is 9.76. The van der Waals surface area contributed by atoms with Crippen molar-refractivity contribution >= 4 is 0 Å². The van der Waals surface area contributed by atoms with Crippen LogP contribution in [0.25, 0.3) is 0 Å². The number of halogens is 2. The summed E-state index contributed by atoms with van der Waals surface area (Å²) in [6.07, 6.45) is 9.25. The maximum Gasteiger partial charge on any atom is 3.00 e. The first-order valence-electron chi connectivity index (χ1n) is 5.83. The maximum absolute atomic E-state index is 8.78. The summed E-state index contributed by atoms with van der Waals surface area (Å²) in [5.41, 5.74) is 3.56. The molecule has 0 aromatic carbocycles. The van der Waals surface area contributed by atoms with Crippen LogP contribution in [-0.4, -0.2) is 17.3 Å². The summed E-state index contributed by atoms with van der Waals surface area (Å²) in [4.78, 5) is 0. The van der Waals surface area contributed by atoms with Crippen LogP contribution in [0.2, 0.25) is 0 Å². The molecule has 5 heteroatoms. The van der Waals surface area contributed by atoms with Crippen LogP contribution >= 0.6 is 0 Å². The first-order chi connectivity index (χ1) is 7.42. The van der Waals surface area contributed by atoms with E-state index < -0.39 is 0 Å². The fourth-order valence-electron chi connectivity index (χ4n) is 1.60. The molecule has 1 radical (unpaired) electrons. The van der Waals surface area contributed by atoms with Crippen molar-refractivity contribution < 1.29 is 51.6 Å². The van der Waals surface area contributed by atoms with Crippen molar-refractivity contribution in [3.63, 3.8) is 0 Å². The molecule has 107 valence electrons. The molecule has 0 unspecified atom stereocenters. The molecule has 0 spiro atoms. The van der Waals surface area contributed by atoms with Gasteiger partial charge in [-0.25, -0.2) is 0 Å². The first kappa shape index (κ1) is 24.3. The van der Waals surface area contributed by atoms with Crippen LogP contribution in [0.4, 0.5) is 0 Å². The zero-order chi connectivity index (χ0) is 12.2. The van der Waals surface area contributed by atoms with Crippen molar-refractivity contribution in [1.29, 1.82) is 0 Å². The third-order valence-electron chi connectivity index (χ3n) is 2.37. The number of aliphatic hydroxyl groups is 1. The Bertz CT molecular complexity index is 344. The van der Waals surface area contributed by atoms with Gasteiger partial charge in [0.05, 0.1) is 0 Å². The SMILES string of the molecule is CC(CCCO)=C1[C-]=C(NC(C)(C)C)C=C1.[Cl-].[Cl-].[Ti+3]. The minimum atomic E-state index is 0. The van der Waals surface area contributed by atoms with Gasteiger partial charge in [0.2, 0.25) is 0 Å². The molecule has 2 nitrogen and oxygen atoms in total. The van der Waals surface area contributed by atoms with Gasteiger partial charge < -0.3 is 35.2 Å². The molecule has 1 rings (SSSR count). The Kier molecular flexibility index (Phi) is 14.1. The van der Waals surface area contributed by atoms with Gasteiger partial charge in [0.1, 0.15) is 0 Å². The monoisotopic (exact) mass is 338 g/mol. The summed E-state index contributed by atoms with van der Waals surface area (Å²) in [7, 11) is 0. The third-order valence-corrected chi connectivity index (χ3v) is 2.37. The van der Waals surface area contributed by atoms with Gasteiger partial charge in [-0.3, -0.25) is 0 Å². The molecule has 0 atom stereocenters. The number of hydrogen-bond donors (Lipinski definition) is 2. The molecular formula is C14H22Cl2NOTi. The van der Waals surface area contributed by atoms with E-state index in [0.717, 1.165) is 24.1 Å². The second kappa shape index (κ2) is 11.0.